The summed E-state index contributed by atoms with van der Waals surface area (Å²) in [4.78, 5) is 20.1. The van der Waals surface area contributed by atoms with Gasteiger partial charge in [-0.1, -0.05) is 47.7 Å². The fourth-order valence-corrected chi connectivity index (χ4v) is 4.71. The van der Waals surface area contributed by atoms with E-state index in [1.807, 2.05) is 47.9 Å². The fraction of sp³-hybridized carbons (Fsp3) is 0.346. The van der Waals surface area contributed by atoms with Crippen LogP contribution in [0.4, 0.5) is 11.6 Å². The van der Waals surface area contributed by atoms with Gasteiger partial charge in [0.2, 0.25) is 11.8 Å². The zero-order valence-corrected chi connectivity index (χ0v) is 20.4. The zero-order valence-electron chi connectivity index (χ0n) is 20.4. The lowest BCUT2D eigenvalue weighted by atomic mass is 10.0. The molecule has 0 amide bonds. The predicted molar refractivity (Wildman–Crippen MR) is 134 cm³/mol. The van der Waals surface area contributed by atoms with Gasteiger partial charge in [-0.3, -0.25) is 19.7 Å². The third kappa shape index (κ3) is 5.13. The van der Waals surface area contributed by atoms with Crippen molar-refractivity contribution >= 4 is 11.6 Å². The highest BCUT2D eigenvalue weighted by atomic mass is 16.6. The maximum atomic E-state index is 11.3. The van der Waals surface area contributed by atoms with Gasteiger partial charge in [-0.25, -0.2) is 4.98 Å². The molecular weight excluding hydrogens is 458 g/mol. The average Bonchev–Trinajstić information content (AvgIpc) is 3.48. The summed E-state index contributed by atoms with van der Waals surface area (Å²) in [6.07, 6.45) is 3.85. The largest absolute Gasteiger partial charge is 0.423 e. The fourth-order valence-electron chi connectivity index (χ4n) is 4.71. The Bertz CT molecular complexity index is 1320. The highest BCUT2D eigenvalue weighted by Crippen LogP contribution is 2.35. The molecule has 0 saturated heterocycles. The number of oxazole rings is 1. The number of hydrogen-bond acceptors (Lipinski definition) is 8. The van der Waals surface area contributed by atoms with E-state index < -0.39 is 0 Å². The van der Waals surface area contributed by atoms with Crippen LogP contribution in [0.5, 0.6) is 0 Å². The number of nitrogens with zero attached hydrogens (tertiary/aromatic N) is 7. The van der Waals surface area contributed by atoms with E-state index in [9.17, 15) is 10.1 Å². The first kappa shape index (κ1) is 23.7. The quantitative estimate of drug-likeness (QED) is 0.306. The monoisotopic (exact) mass is 487 g/mol. The summed E-state index contributed by atoms with van der Waals surface area (Å²) >= 11 is 0. The Morgan fingerprint density at radius 3 is 2.58 bits per heavy atom. The number of hydrogen-bond donors (Lipinski definition) is 0. The first-order valence-corrected chi connectivity index (χ1v) is 12.1. The SMILES string of the molecule is Cc1nc2oc1N(C)Cc1cn(nn1)CCCCN(Cc1ccccc1)C2c1ccc([N+](=O)[O-])cc1. The number of non-ortho nitro benzene ring substituents is 1. The summed E-state index contributed by atoms with van der Waals surface area (Å²) in [5.74, 6) is 1.24. The Kier molecular flexibility index (Phi) is 6.77. The van der Waals surface area contributed by atoms with Gasteiger partial charge in [-0.15, -0.1) is 5.10 Å². The molecule has 1 unspecified atom stereocenters. The Morgan fingerprint density at radius 1 is 1.08 bits per heavy atom. The lowest BCUT2D eigenvalue weighted by Crippen LogP contribution is -2.31. The second kappa shape index (κ2) is 10.3. The molecular formula is C26H29N7O3. The molecule has 1 aliphatic rings. The molecule has 4 aromatic rings. The van der Waals surface area contributed by atoms with Crippen LogP contribution in [0.3, 0.4) is 0 Å². The van der Waals surface area contributed by atoms with E-state index in [4.69, 9.17) is 9.40 Å². The number of nitro benzene ring substituents is 1. The molecule has 2 aromatic heterocycles. The van der Waals surface area contributed by atoms with Crippen LogP contribution in [0.1, 0.15) is 47.3 Å². The first-order chi connectivity index (χ1) is 17.5. The molecule has 1 aliphatic heterocycles. The second-order valence-corrected chi connectivity index (χ2v) is 9.19. The van der Waals surface area contributed by atoms with Crippen LogP contribution in [-0.2, 0) is 19.6 Å². The van der Waals surface area contributed by atoms with Crippen molar-refractivity contribution in [3.8, 4) is 0 Å². The lowest BCUT2D eigenvalue weighted by molar-refractivity contribution is -0.384. The molecule has 10 heteroatoms. The molecule has 0 fully saturated rings. The van der Waals surface area contributed by atoms with Crippen molar-refractivity contribution < 1.29 is 9.34 Å². The Balaban J connectivity index is 1.58. The summed E-state index contributed by atoms with van der Waals surface area (Å²) in [5, 5.41) is 19.9. The maximum absolute atomic E-state index is 11.3. The van der Waals surface area contributed by atoms with Crippen LogP contribution in [0.25, 0.3) is 0 Å². The van der Waals surface area contributed by atoms with Crippen LogP contribution >= 0.6 is 0 Å². The third-order valence-corrected chi connectivity index (χ3v) is 6.45. The zero-order chi connectivity index (χ0) is 25.1. The molecule has 1 atom stereocenters. The normalized spacial score (nSPS) is 17.1. The topological polar surface area (TPSA) is 106 Å². The van der Waals surface area contributed by atoms with Gasteiger partial charge in [-0.05, 0) is 37.4 Å². The highest BCUT2D eigenvalue weighted by molar-refractivity contribution is 5.42. The van der Waals surface area contributed by atoms with Crippen molar-refractivity contribution in [3.63, 3.8) is 0 Å². The summed E-state index contributed by atoms with van der Waals surface area (Å²) in [6, 6.07) is 16.7. The maximum Gasteiger partial charge on any atom is 0.269 e. The minimum absolute atomic E-state index is 0.0588. The van der Waals surface area contributed by atoms with E-state index in [1.54, 1.807) is 24.3 Å². The molecule has 4 bridgehead atoms. The summed E-state index contributed by atoms with van der Waals surface area (Å²) in [6.45, 7) is 4.73. The van der Waals surface area contributed by atoms with Crippen molar-refractivity contribution in [1.82, 2.24) is 24.9 Å². The molecule has 186 valence electrons. The van der Waals surface area contributed by atoms with Crippen molar-refractivity contribution in [1.29, 1.82) is 0 Å². The van der Waals surface area contributed by atoms with Crippen LogP contribution in [0.15, 0.2) is 65.2 Å². The third-order valence-electron chi connectivity index (χ3n) is 6.45. The number of fused-ring (bicyclic) bond motifs is 4. The van der Waals surface area contributed by atoms with Crippen LogP contribution < -0.4 is 4.90 Å². The van der Waals surface area contributed by atoms with Crippen molar-refractivity contribution in [2.75, 3.05) is 18.5 Å². The molecule has 0 aliphatic carbocycles. The summed E-state index contributed by atoms with van der Waals surface area (Å²) in [5.41, 5.74) is 3.78. The highest BCUT2D eigenvalue weighted by Gasteiger charge is 2.30. The minimum atomic E-state index is -0.379. The van der Waals surface area contributed by atoms with E-state index >= 15 is 0 Å². The van der Waals surface area contributed by atoms with E-state index in [-0.39, 0.29) is 16.7 Å². The molecule has 10 nitrogen and oxygen atoms in total. The molecule has 3 heterocycles. The first-order valence-electron chi connectivity index (χ1n) is 12.1. The van der Waals surface area contributed by atoms with Gasteiger partial charge in [0.05, 0.1) is 17.7 Å². The number of rotatable bonds is 4. The molecule has 0 radical (unpaired) electrons. The van der Waals surface area contributed by atoms with Gasteiger partial charge in [0.25, 0.3) is 5.69 Å². The van der Waals surface area contributed by atoms with E-state index in [2.05, 4.69) is 27.3 Å². The van der Waals surface area contributed by atoms with Crippen LogP contribution in [0.2, 0.25) is 0 Å². The van der Waals surface area contributed by atoms with Gasteiger partial charge in [0.15, 0.2) is 0 Å². The Hall–Kier alpha value is -4.05. The van der Waals surface area contributed by atoms with Gasteiger partial charge in [0.1, 0.15) is 17.4 Å². The smallest absolute Gasteiger partial charge is 0.269 e. The molecule has 36 heavy (non-hydrogen) atoms. The van der Waals surface area contributed by atoms with Crippen molar-refractivity contribution in [2.45, 2.75) is 45.4 Å². The predicted octanol–water partition coefficient (Wildman–Crippen LogP) is 4.50. The molecule has 0 spiro atoms. The van der Waals surface area contributed by atoms with Crippen LogP contribution in [-0.4, -0.2) is 43.4 Å². The average molecular weight is 488 g/mol. The molecule has 5 rings (SSSR count). The number of anilines is 1. The summed E-state index contributed by atoms with van der Waals surface area (Å²) < 4.78 is 8.31. The number of nitro groups is 1. The Morgan fingerprint density at radius 2 is 1.83 bits per heavy atom. The van der Waals surface area contributed by atoms with E-state index in [1.165, 1.54) is 5.56 Å². The van der Waals surface area contributed by atoms with E-state index in [0.717, 1.165) is 42.9 Å². The molecule has 0 N–H and O–H groups in total. The van der Waals surface area contributed by atoms with Crippen molar-refractivity contribution in [3.05, 3.63) is 99.3 Å². The standard InChI is InChI=1S/C26H29N7O3/c1-19-26-30(2)17-22-18-32(29-28-22)15-7-6-14-31(16-20-8-4-3-5-9-20)24(25(27-19)36-26)21-10-12-23(13-11-21)33(34)35/h3-5,8-13,18,24H,6-7,14-17H2,1-2H3. The Labute approximate surface area is 209 Å². The molecule has 0 saturated carbocycles. The van der Waals surface area contributed by atoms with Gasteiger partial charge >= 0.3 is 0 Å². The molecule has 2 aromatic carbocycles. The number of aryl methyl sites for hydroxylation is 2. The lowest BCUT2D eigenvalue weighted by Gasteiger charge is -2.30. The second-order valence-electron chi connectivity index (χ2n) is 9.19. The van der Waals surface area contributed by atoms with Gasteiger partial charge in [-0.2, -0.15) is 0 Å². The van der Waals surface area contributed by atoms with Gasteiger partial charge < -0.3 is 9.32 Å². The minimum Gasteiger partial charge on any atom is -0.423 e. The number of benzene rings is 2. The van der Waals surface area contributed by atoms with E-state index in [0.29, 0.717) is 24.9 Å². The van der Waals surface area contributed by atoms with Crippen LogP contribution in [0, 0.1) is 17.0 Å². The van der Waals surface area contributed by atoms with Crippen molar-refractivity contribution in [2.24, 2.45) is 0 Å². The van der Waals surface area contributed by atoms with Gasteiger partial charge in [0, 0.05) is 32.3 Å². The summed E-state index contributed by atoms with van der Waals surface area (Å²) in [7, 11) is 1.95. The number of aromatic nitrogens is 4.